The average Bonchev–Trinajstić information content (AvgIpc) is 3.09. The summed E-state index contributed by atoms with van der Waals surface area (Å²) in [5.41, 5.74) is 2.49. The molecular formula is C20H22FN5O2S2. The SMILES string of the molecule is CCOC(=O)C(C)Sc1nnc(CSc2nc(C)cc(C)n2)n1-c1ccc(F)cc1. The molecule has 0 aliphatic carbocycles. The van der Waals surface area contributed by atoms with E-state index in [1.54, 1.807) is 26.0 Å². The summed E-state index contributed by atoms with van der Waals surface area (Å²) in [6.45, 7) is 7.67. The Hall–Kier alpha value is -2.46. The maximum Gasteiger partial charge on any atom is 0.319 e. The molecule has 0 fully saturated rings. The zero-order chi connectivity index (χ0) is 21.7. The van der Waals surface area contributed by atoms with Crippen molar-refractivity contribution in [3.63, 3.8) is 0 Å². The minimum absolute atomic E-state index is 0.312. The number of nitrogens with zero attached hydrogens (tertiary/aromatic N) is 5. The van der Waals surface area contributed by atoms with Gasteiger partial charge in [0.1, 0.15) is 16.9 Å². The summed E-state index contributed by atoms with van der Waals surface area (Å²) in [4.78, 5) is 20.9. The van der Waals surface area contributed by atoms with Gasteiger partial charge in [-0.3, -0.25) is 9.36 Å². The molecule has 0 saturated carbocycles. The Bertz CT molecular complexity index is 1010. The number of aryl methyl sites for hydroxylation is 2. The monoisotopic (exact) mass is 447 g/mol. The Morgan fingerprint density at radius 2 is 1.83 bits per heavy atom. The summed E-state index contributed by atoms with van der Waals surface area (Å²) >= 11 is 2.69. The molecule has 1 aromatic carbocycles. The van der Waals surface area contributed by atoms with E-state index in [2.05, 4.69) is 20.2 Å². The molecule has 2 aromatic heterocycles. The Kier molecular flexibility index (Phi) is 7.43. The highest BCUT2D eigenvalue weighted by molar-refractivity contribution is 8.00. The van der Waals surface area contributed by atoms with Crippen LogP contribution < -0.4 is 0 Å². The second-order valence-corrected chi connectivity index (χ2v) is 8.70. The number of halogens is 1. The lowest BCUT2D eigenvalue weighted by atomic mass is 10.3. The number of thioether (sulfide) groups is 2. The zero-order valence-corrected chi connectivity index (χ0v) is 18.8. The molecule has 0 spiro atoms. The largest absolute Gasteiger partial charge is 0.465 e. The molecule has 0 amide bonds. The zero-order valence-electron chi connectivity index (χ0n) is 17.1. The molecular weight excluding hydrogens is 425 g/mol. The maximum atomic E-state index is 13.4. The summed E-state index contributed by atoms with van der Waals surface area (Å²) < 4.78 is 20.3. The van der Waals surface area contributed by atoms with Crippen molar-refractivity contribution in [2.45, 2.75) is 49.0 Å². The number of ether oxygens (including phenoxy) is 1. The van der Waals surface area contributed by atoms with Crippen molar-refractivity contribution in [2.24, 2.45) is 0 Å². The number of carbonyl (C=O) groups is 1. The van der Waals surface area contributed by atoms with Crippen molar-refractivity contribution in [2.75, 3.05) is 6.61 Å². The Balaban J connectivity index is 1.89. The summed E-state index contributed by atoms with van der Waals surface area (Å²) in [6.07, 6.45) is 0. The Morgan fingerprint density at radius 3 is 2.47 bits per heavy atom. The fourth-order valence-electron chi connectivity index (χ4n) is 2.67. The molecule has 2 heterocycles. The molecule has 0 aliphatic rings. The standard InChI is InChI=1S/C20H22FN5O2S2/c1-5-28-18(27)14(4)30-20-25-24-17(26(20)16-8-6-15(21)7-9-16)11-29-19-22-12(2)10-13(3)23-19/h6-10,14H,5,11H2,1-4H3. The summed E-state index contributed by atoms with van der Waals surface area (Å²) in [5.74, 6) is 0.450. The lowest BCUT2D eigenvalue weighted by molar-refractivity contribution is -0.142. The fourth-order valence-corrected chi connectivity index (χ4v) is 4.42. The molecule has 0 radical (unpaired) electrons. The lowest BCUT2D eigenvalue weighted by Crippen LogP contribution is -2.17. The highest BCUT2D eigenvalue weighted by Gasteiger charge is 2.22. The smallest absolute Gasteiger partial charge is 0.319 e. The third-order valence-electron chi connectivity index (χ3n) is 3.98. The molecule has 158 valence electrons. The number of carbonyl (C=O) groups excluding carboxylic acids is 1. The van der Waals surface area contributed by atoms with Crippen LogP contribution in [0, 0.1) is 19.7 Å². The van der Waals surface area contributed by atoms with E-state index >= 15 is 0 Å². The van der Waals surface area contributed by atoms with Gasteiger partial charge in [0.25, 0.3) is 0 Å². The van der Waals surface area contributed by atoms with Crippen LogP contribution in [0.15, 0.2) is 40.6 Å². The average molecular weight is 448 g/mol. The first-order valence-corrected chi connectivity index (χ1v) is 11.2. The molecule has 3 aromatic rings. The van der Waals surface area contributed by atoms with Crippen molar-refractivity contribution in [1.82, 2.24) is 24.7 Å². The lowest BCUT2D eigenvalue weighted by Gasteiger charge is -2.13. The number of hydrogen-bond acceptors (Lipinski definition) is 8. The number of benzene rings is 1. The first kappa shape index (κ1) is 22.2. The Morgan fingerprint density at radius 1 is 1.17 bits per heavy atom. The first-order valence-electron chi connectivity index (χ1n) is 9.36. The van der Waals surface area contributed by atoms with Crippen LogP contribution in [0.3, 0.4) is 0 Å². The van der Waals surface area contributed by atoms with E-state index in [4.69, 9.17) is 4.74 Å². The molecule has 7 nitrogen and oxygen atoms in total. The summed E-state index contributed by atoms with van der Waals surface area (Å²) in [6, 6.07) is 7.97. The summed E-state index contributed by atoms with van der Waals surface area (Å²) in [7, 11) is 0. The van der Waals surface area contributed by atoms with E-state index in [0.29, 0.717) is 34.2 Å². The van der Waals surface area contributed by atoms with Gasteiger partial charge >= 0.3 is 5.97 Å². The molecule has 0 bridgehead atoms. The van der Waals surface area contributed by atoms with Crippen LogP contribution in [-0.4, -0.2) is 42.6 Å². The van der Waals surface area contributed by atoms with E-state index in [-0.39, 0.29) is 11.8 Å². The number of esters is 1. The molecule has 0 N–H and O–H groups in total. The third kappa shape index (κ3) is 5.57. The van der Waals surface area contributed by atoms with Crippen molar-refractivity contribution in [3.05, 3.63) is 53.4 Å². The van der Waals surface area contributed by atoms with Crippen LogP contribution in [0.4, 0.5) is 4.39 Å². The molecule has 1 atom stereocenters. The van der Waals surface area contributed by atoms with E-state index < -0.39 is 5.25 Å². The molecule has 0 aliphatic heterocycles. The topological polar surface area (TPSA) is 82.8 Å². The van der Waals surface area contributed by atoms with Gasteiger partial charge in [0.2, 0.25) is 0 Å². The molecule has 30 heavy (non-hydrogen) atoms. The number of hydrogen-bond donors (Lipinski definition) is 0. The van der Waals surface area contributed by atoms with Crippen LogP contribution >= 0.6 is 23.5 Å². The van der Waals surface area contributed by atoms with Crippen molar-refractivity contribution < 1.29 is 13.9 Å². The quantitative estimate of drug-likeness (QED) is 0.289. The van der Waals surface area contributed by atoms with E-state index in [1.807, 2.05) is 24.5 Å². The molecule has 10 heteroatoms. The van der Waals surface area contributed by atoms with E-state index in [9.17, 15) is 9.18 Å². The fraction of sp³-hybridized carbons (Fsp3) is 0.350. The van der Waals surface area contributed by atoms with Crippen LogP contribution in [0.5, 0.6) is 0 Å². The van der Waals surface area contributed by atoms with Crippen molar-refractivity contribution >= 4 is 29.5 Å². The van der Waals surface area contributed by atoms with Gasteiger partial charge in [-0.1, -0.05) is 23.5 Å². The van der Waals surface area contributed by atoms with Gasteiger partial charge < -0.3 is 4.74 Å². The van der Waals surface area contributed by atoms with E-state index in [1.165, 1.54) is 35.7 Å². The Labute approximate surface area is 182 Å². The third-order valence-corrected chi connectivity index (χ3v) is 5.84. The van der Waals surface area contributed by atoms with Gasteiger partial charge in [-0.2, -0.15) is 0 Å². The van der Waals surface area contributed by atoms with Gasteiger partial charge in [0.15, 0.2) is 10.3 Å². The van der Waals surface area contributed by atoms with Gasteiger partial charge in [-0.25, -0.2) is 14.4 Å². The molecule has 3 rings (SSSR count). The molecule has 1 unspecified atom stereocenters. The first-order chi connectivity index (χ1) is 14.4. The van der Waals surface area contributed by atoms with Gasteiger partial charge in [-0.05, 0) is 58.0 Å². The van der Waals surface area contributed by atoms with Crippen LogP contribution in [0.25, 0.3) is 5.69 Å². The van der Waals surface area contributed by atoms with Gasteiger partial charge in [0, 0.05) is 17.1 Å². The number of rotatable bonds is 8. The van der Waals surface area contributed by atoms with Gasteiger partial charge in [-0.15, -0.1) is 10.2 Å². The van der Waals surface area contributed by atoms with Crippen LogP contribution in [-0.2, 0) is 15.3 Å². The highest BCUT2D eigenvalue weighted by Crippen LogP contribution is 2.29. The molecule has 0 saturated heterocycles. The minimum atomic E-state index is -0.461. The van der Waals surface area contributed by atoms with Crippen molar-refractivity contribution in [3.8, 4) is 5.69 Å². The maximum absolute atomic E-state index is 13.4. The minimum Gasteiger partial charge on any atom is -0.465 e. The normalized spacial score (nSPS) is 12.0. The number of aromatic nitrogens is 5. The van der Waals surface area contributed by atoms with E-state index in [0.717, 1.165) is 11.4 Å². The predicted molar refractivity (Wildman–Crippen MR) is 114 cm³/mol. The van der Waals surface area contributed by atoms with Crippen molar-refractivity contribution in [1.29, 1.82) is 0 Å². The second kappa shape index (κ2) is 10.0. The van der Waals surface area contributed by atoms with Gasteiger partial charge in [0.05, 0.1) is 12.4 Å². The predicted octanol–water partition coefficient (Wildman–Crippen LogP) is 4.15. The highest BCUT2D eigenvalue weighted by atomic mass is 32.2. The summed E-state index contributed by atoms with van der Waals surface area (Å²) in [5, 5.41) is 9.28. The second-order valence-electron chi connectivity index (χ2n) is 6.44. The van der Waals surface area contributed by atoms with Crippen LogP contribution in [0.2, 0.25) is 0 Å². The van der Waals surface area contributed by atoms with Crippen LogP contribution in [0.1, 0.15) is 31.1 Å².